The molecule has 0 aliphatic rings. The molecule has 1 amide bonds. The van der Waals surface area contributed by atoms with Crippen molar-refractivity contribution in [3.8, 4) is 22.6 Å². The van der Waals surface area contributed by atoms with Gasteiger partial charge in [0, 0.05) is 51.0 Å². The molecule has 1 atom stereocenters. The number of amides is 1. The number of carbonyl (C=O) groups excluding carboxylic acids is 2. The average Bonchev–Trinajstić information content (AvgIpc) is 2.85. The number of nitrogens with one attached hydrogen (secondary N) is 1. The Balaban J connectivity index is 2.16. The van der Waals surface area contributed by atoms with Crippen molar-refractivity contribution >= 4 is 29.0 Å². The monoisotopic (exact) mass is 497 g/mol. The van der Waals surface area contributed by atoms with E-state index in [1.807, 2.05) is 31.1 Å². The van der Waals surface area contributed by atoms with E-state index in [1.165, 1.54) is 29.6 Å². The summed E-state index contributed by atoms with van der Waals surface area (Å²) in [4.78, 5) is 43.9. The topological polar surface area (TPSA) is 115 Å². The molecule has 36 heavy (non-hydrogen) atoms. The molecule has 0 saturated carbocycles. The van der Waals surface area contributed by atoms with Gasteiger partial charge in [-0.05, 0) is 37.9 Å². The highest BCUT2D eigenvalue weighted by atomic mass is 16.5. The Bertz CT molecular complexity index is 1310. The summed E-state index contributed by atoms with van der Waals surface area (Å²) >= 11 is 0. The lowest BCUT2D eigenvalue weighted by Crippen LogP contribution is -2.40. The van der Waals surface area contributed by atoms with Crippen LogP contribution in [0.3, 0.4) is 0 Å². The summed E-state index contributed by atoms with van der Waals surface area (Å²) in [6.45, 7) is 0.797. The van der Waals surface area contributed by atoms with E-state index >= 15 is 0 Å². The molecular weight excluding hydrogens is 466 g/mol. The number of methoxy groups -OCH3 is 2. The zero-order valence-corrected chi connectivity index (χ0v) is 21.5. The van der Waals surface area contributed by atoms with E-state index < -0.39 is 12.1 Å². The number of rotatable bonds is 10. The molecule has 0 saturated heterocycles. The summed E-state index contributed by atoms with van der Waals surface area (Å²) in [6.07, 6.45) is 1.99. The van der Waals surface area contributed by atoms with Gasteiger partial charge in [-0.1, -0.05) is 0 Å². The van der Waals surface area contributed by atoms with Crippen molar-refractivity contribution in [1.82, 2.24) is 19.4 Å². The lowest BCUT2D eigenvalue weighted by Gasteiger charge is -2.21. The van der Waals surface area contributed by atoms with Gasteiger partial charge in [0.25, 0.3) is 24.2 Å². The number of pyridine rings is 2. The highest BCUT2D eigenvalue weighted by Crippen LogP contribution is 2.37. The van der Waals surface area contributed by atoms with Crippen LogP contribution >= 0.6 is 0 Å². The third kappa shape index (κ3) is 5.41. The molecule has 1 unspecified atom stereocenters. The van der Waals surface area contributed by atoms with Gasteiger partial charge in [0.1, 0.15) is 17.3 Å². The molecule has 0 bridgehead atoms. The third-order valence-electron chi connectivity index (χ3n) is 5.60. The van der Waals surface area contributed by atoms with E-state index in [0.717, 1.165) is 16.7 Å². The van der Waals surface area contributed by atoms with Gasteiger partial charge < -0.3 is 33.9 Å². The first-order chi connectivity index (χ1) is 17.1. The molecule has 11 heteroatoms. The molecule has 11 nitrogen and oxygen atoms in total. The van der Waals surface area contributed by atoms with Crippen LogP contribution in [0.2, 0.25) is 0 Å². The SMILES string of the molecule is COc1cc(-c2cn(C)c(=O)c3cc(NC(OC=O)C(=O)N(C)C)ncc23)cc(OC)c1CN(C)C. The Morgan fingerprint density at radius 1 is 1.11 bits per heavy atom. The van der Waals surface area contributed by atoms with Crippen LogP contribution in [-0.2, 0) is 27.9 Å². The van der Waals surface area contributed by atoms with Crippen molar-refractivity contribution in [2.45, 2.75) is 12.8 Å². The predicted molar refractivity (Wildman–Crippen MR) is 136 cm³/mol. The van der Waals surface area contributed by atoms with E-state index in [-0.39, 0.29) is 17.8 Å². The number of hydrogen-bond acceptors (Lipinski definition) is 9. The normalized spacial score (nSPS) is 11.8. The summed E-state index contributed by atoms with van der Waals surface area (Å²) in [7, 11) is 11.8. The molecule has 0 spiro atoms. The van der Waals surface area contributed by atoms with E-state index in [2.05, 4.69) is 10.3 Å². The van der Waals surface area contributed by atoms with Crippen LogP contribution in [-0.4, -0.2) is 80.4 Å². The van der Waals surface area contributed by atoms with Crippen molar-refractivity contribution in [3.05, 3.63) is 46.5 Å². The molecule has 0 aliphatic carbocycles. The van der Waals surface area contributed by atoms with Gasteiger partial charge in [-0.15, -0.1) is 0 Å². The average molecular weight is 498 g/mol. The van der Waals surface area contributed by atoms with Gasteiger partial charge >= 0.3 is 0 Å². The molecular formula is C25H31N5O6. The van der Waals surface area contributed by atoms with Gasteiger partial charge in [0.05, 0.1) is 25.2 Å². The fourth-order valence-electron chi connectivity index (χ4n) is 3.86. The lowest BCUT2D eigenvalue weighted by atomic mass is 9.99. The zero-order valence-electron chi connectivity index (χ0n) is 21.5. The van der Waals surface area contributed by atoms with E-state index in [0.29, 0.717) is 28.8 Å². The summed E-state index contributed by atoms with van der Waals surface area (Å²) in [5.41, 5.74) is 2.16. The molecule has 0 radical (unpaired) electrons. The number of anilines is 1. The molecule has 1 aromatic carbocycles. The van der Waals surface area contributed by atoms with Gasteiger partial charge in [0.2, 0.25) is 0 Å². The van der Waals surface area contributed by atoms with E-state index in [9.17, 15) is 14.4 Å². The third-order valence-corrected chi connectivity index (χ3v) is 5.60. The summed E-state index contributed by atoms with van der Waals surface area (Å²) in [5.74, 6) is 1.03. The van der Waals surface area contributed by atoms with Crippen LogP contribution in [0.1, 0.15) is 5.56 Å². The number of aryl methyl sites for hydroxylation is 1. The van der Waals surface area contributed by atoms with Crippen LogP contribution in [0.15, 0.2) is 35.4 Å². The maximum Gasteiger partial charge on any atom is 0.295 e. The Morgan fingerprint density at radius 3 is 2.28 bits per heavy atom. The Labute approximate surface area is 209 Å². The van der Waals surface area contributed by atoms with E-state index in [4.69, 9.17) is 14.2 Å². The van der Waals surface area contributed by atoms with Gasteiger partial charge in [-0.2, -0.15) is 0 Å². The first-order valence-corrected chi connectivity index (χ1v) is 11.1. The van der Waals surface area contributed by atoms with Crippen LogP contribution in [0, 0.1) is 0 Å². The maximum absolute atomic E-state index is 13.0. The van der Waals surface area contributed by atoms with Crippen molar-refractivity contribution < 1.29 is 23.8 Å². The fraction of sp³-hybridized carbons (Fsp3) is 0.360. The first-order valence-electron chi connectivity index (χ1n) is 11.1. The minimum Gasteiger partial charge on any atom is -0.496 e. The van der Waals surface area contributed by atoms with Crippen molar-refractivity contribution in [2.24, 2.45) is 7.05 Å². The van der Waals surface area contributed by atoms with Gasteiger partial charge in [-0.25, -0.2) is 4.98 Å². The van der Waals surface area contributed by atoms with Gasteiger partial charge in [-0.3, -0.25) is 14.4 Å². The first kappa shape index (κ1) is 26.5. The maximum atomic E-state index is 13.0. The highest BCUT2D eigenvalue weighted by Gasteiger charge is 2.23. The molecule has 0 aliphatic heterocycles. The predicted octanol–water partition coefficient (Wildman–Crippen LogP) is 1.68. The van der Waals surface area contributed by atoms with Crippen LogP contribution in [0.25, 0.3) is 21.9 Å². The van der Waals surface area contributed by atoms with E-state index in [1.54, 1.807) is 33.7 Å². The standard InChI is InChI=1S/C25H31N5O6/c1-28(2)12-19-20(34-6)8-15(9-21(19)35-7)18-13-30(5)24(32)16-10-22(26-11-17(16)18)27-23(36-14-31)25(33)29(3)4/h8-11,13-14,23H,12H2,1-7H3,(H,26,27). The molecule has 192 valence electrons. The molecule has 3 rings (SSSR count). The fourth-order valence-corrected chi connectivity index (χ4v) is 3.86. The minimum absolute atomic E-state index is 0.179. The second-order valence-electron chi connectivity index (χ2n) is 8.66. The summed E-state index contributed by atoms with van der Waals surface area (Å²) in [6, 6.07) is 5.33. The molecule has 2 aromatic heterocycles. The smallest absolute Gasteiger partial charge is 0.295 e. The quantitative estimate of drug-likeness (QED) is 0.330. The molecule has 0 fully saturated rings. The largest absolute Gasteiger partial charge is 0.496 e. The number of aromatic nitrogens is 2. The number of likely N-dealkylation sites (N-methyl/N-ethyl adjacent to an activating group) is 1. The lowest BCUT2D eigenvalue weighted by molar-refractivity contribution is -0.147. The second kappa shape index (κ2) is 11.1. The van der Waals surface area contributed by atoms with Crippen molar-refractivity contribution in [3.63, 3.8) is 0 Å². The highest BCUT2D eigenvalue weighted by molar-refractivity contribution is 5.97. The summed E-state index contributed by atoms with van der Waals surface area (Å²) in [5, 5.41) is 3.74. The van der Waals surface area contributed by atoms with Crippen LogP contribution in [0.5, 0.6) is 11.5 Å². The molecule has 1 N–H and O–H groups in total. The number of benzene rings is 1. The molecule has 3 aromatic rings. The Morgan fingerprint density at radius 2 is 1.75 bits per heavy atom. The minimum atomic E-state index is -1.28. The number of carbonyl (C=O) groups is 2. The Kier molecular flexibility index (Phi) is 8.15. The number of ether oxygens (including phenoxy) is 3. The van der Waals surface area contributed by atoms with Crippen LogP contribution in [0.4, 0.5) is 5.82 Å². The van der Waals surface area contributed by atoms with Crippen LogP contribution < -0.4 is 20.3 Å². The van der Waals surface area contributed by atoms with Gasteiger partial charge in [0.15, 0.2) is 0 Å². The molecule has 2 heterocycles. The summed E-state index contributed by atoms with van der Waals surface area (Å²) < 4.78 is 17.7. The Hall–Kier alpha value is -4.12. The zero-order chi connectivity index (χ0) is 26.6. The number of nitrogens with zero attached hydrogens (tertiary/aromatic N) is 4. The second-order valence-corrected chi connectivity index (χ2v) is 8.66. The van der Waals surface area contributed by atoms with Crippen molar-refractivity contribution in [2.75, 3.05) is 47.7 Å². The van der Waals surface area contributed by atoms with Crippen molar-refractivity contribution in [1.29, 1.82) is 0 Å². The number of hydrogen-bond donors (Lipinski definition) is 1. The number of fused-ring (bicyclic) bond motifs is 1.